The van der Waals surface area contributed by atoms with Crippen LogP contribution in [0.3, 0.4) is 0 Å². The molecule has 2 rings (SSSR count). The topological polar surface area (TPSA) is 81.1 Å². The third-order valence-corrected chi connectivity index (χ3v) is 5.10. The maximum atomic E-state index is 11.7. The first-order valence-electron chi connectivity index (χ1n) is 7.32. The summed E-state index contributed by atoms with van der Waals surface area (Å²) in [5.74, 6) is 0.0282. The lowest BCUT2D eigenvalue weighted by Gasteiger charge is -2.09. The lowest BCUT2D eigenvalue weighted by atomic mass is 10.3. The zero-order chi connectivity index (χ0) is 16.2. The van der Waals surface area contributed by atoms with Crippen molar-refractivity contribution < 1.29 is 13.2 Å². The molecule has 0 aliphatic rings. The van der Waals surface area contributed by atoms with Gasteiger partial charge in [-0.2, -0.15) is 0 Å². The summed E-state index contributed by atoms with van der Waals surface area (Å²) in [7, 11) is -3.29. The quantitative estimate of drug-likeness (QED) is 0.832. The van der Waals surface area contributed by atoms with Crippen LogP contribution in [0.15, 0.2) is 24.3 Å². The molecular weight excluding hydrogens is 302 g/mol. The molecule has 7 heteroatoms. The maximum absolute atomic E-state index is 11.7. The Balaban J connectivity index is 1.93. The average molecular weight is 323 g/mol. The molecule has 120 valence electrons. The number of para-hydroxylation sites is 2. The second kappa shape index (κ2) is 6.91. The molecule has 0 aliphatic heterocycles. The fraction of sp³-hybridized carbons (Fsp3) is 0.467. The van der Waals surface area contributed by atoms with Crippen LogP contribution >= 0.6 is 0 Å². The third-order valence-electron chi connectivity index (χ3n) is 3.37. The number of hydrogen-bond donors (Lipinski definition) is 1. The molecule has 0 saturated heterocycles. The molecule has 6 nitrogen and oxygen atoms in total. The van der Waals surface area contributed by atoms with E-state index in [1.807, 2.05) is 35.8 Å². The fourth-order valence-corrected chi connectivity index (χ4v) is 3.69. The molecule has 0 unspecified atom stereocenters. The molecule has 0 saturated carbocycles. The standard InChI is InChI=1S/C15H21N3O3S/c1-3-10-22(20,21)11-15(19)16-8-9-18-12(2)17-13-6-4-5-7-14(13)18/h4-7H,3,8-11H2,1-2H3,(H,16,19). The molecule has 0 aliphatic carbocycles. The van der Waals surface area contributed by atoms with Crippen molar-refractivity contribution in [3.63, 3.8) is 0 Å². The largest absolute Gasteiger partial charge is 0.353 e. The number of sulfone groups is 1. The van der Waals surface area contributed by atoms with Crippen molar-refractivity contribution in [1.29, 1.82) is 0 Å². The molecule has 0 radical (unpaired) electrons. The number of imidazole rings is 1. The Bertz CT molecular complexity index is 765. The Kier molecular flexibility index (Phi) is 5.18. The molecule has 1 aromatic heterocycles. The molecule has 2 aromatic rings. The average Bonchev–Trinajstić information content (AvgIpc) is 2.74. The summed E-state index contributed by atoms with van der Waals surface area (Å²) >= 11 is 0. The first kappa shape index (κ1) is 16.5. The highest BCUT2D eigenvalue weighted by molar-refractivity contribution is 7.92. The summed E-state index contributed by atoms with van der Waals surface area (Å²) < 4.78 is 25.2. The summed E-state index contributed by atoms with van der Waals surface area (Å²) in [5, 5.41) is 2.66. The highest BCUT2D eigenvalue weighted by Crippen LogP contribution is 2.14. The van der Waals surface area contributed by atoms with Gasteiger partial charge in [-0.25, -0.2) is 13.4 Å². The summed E-state index contributed by atoms with van der Waals surface area (Å²) in [5.41, 5.74) is 1.92. The number of nitrogens with zero attached hydrogens (tertiary/aromatic N) is 2. The van der Waals surface area contributed by atoms with Gasteiger partial charge in [0.25, 0.3) is 0 Å². The number of fused-ring (bicyclic) bond motifs is 1. The number of hydrogen-bond acceptors (Lipinski definition) is 4. The van der Waals surface area contributed by atoms with Crippen molar-refractivity contribution >= 4 is 26.8 Å². The number of rotatable bonds is 7. The smallest absolute Gasteiger partial charge is 0.235 e. The third kappa shape index (κ3) is 4.07. The predicted molar refractivity (Wildman–Crippen MR) is 86.4 cm³/mol. The van der Waals surface area contributed by atoms with Gasteiger partial charge in [0.15, 0.2) is 9.84 Å². The molecule has 1 aromatic carbocycles. The number of amides is 1. The fourth-order valence-electron chi connectivity index (χ4n) is 2.42. The van der Waals surface area contributed by atoms with Crippen molar-refractivity contribution in [2.75, 3.05) is 18.1 Å². The van der Waals surface area contributed by atoms with E-state index < -0.39 is 21.5 Å². The van der Waals surface area contributed by atoms with Crippen molar-refractivity contribution in [3.8, 4) is 0 Å². The van der Waals surface area contributed by atoms with E-state index in [4.69, 9.17) is 0 Å². The Labute approximate surface area is 130 Å². The minimum atomic E-state index is -3.29. The Morgan fingerprint density at radius 1 is 1.32 bits per heavy atom. The van der Waals surface area contributed by atoms with E-state index in [2.05, 4.69) is 10.3 Å². The molecule has 1 amide bonds. The molecule has 0 bridgehead atoms. The molecule has 1 N–H and O–H groups in total. The molecule has 0 spiro atoms. The minimum Gasteiger partial charge on any atom is -0.353 e. The van der Waals surface area contributed by atoms with Crippen LogP contribution in [-0.4, -0.2) is 41.9 Å². The number of aryl methyl sites for hydroxylation is 1. The molecule has 0 atom stereocenters. The van der Waals surface area contributed by atoms with E-state index in [0.29, 0.717) is 19.5 Å². The second-order valence-corrected chi connectivity index (χ2v) is 7.43. The van der Waals surface area contributed by atoms with E-state index in [0.717, 1.165) is 16.9 Å². The highest BCUT2D eigenvalue weighted by Gasteiger charge is 2.15. The number of carbonyl (C=O) groups excluding carboxylic acids is 1. The Hall–Kier alpha value is -1.89. The van der Waals surface area contributed by atoms with Gasteiger partial charge in [-0.15, -0.1) is 0 Å². The monoisotopic (exact) mass is 323 g/mol. The van der Waals surface area contributed by atoms with Crippen LogP contribution in [-0.2, 0) is 21.2 Å². The van der Waals surface area contributed by atoms with Gasteiger partial charge in [0, 0.05) is 13.1 Å². The summed E-state index contributed by atoms with van der Waals surface area (Å²) in [6.45, 7) is 4.63. The maximum Gasteiger partial charge on any atom is 0.235 e. The normalized spacial score (nSPS) is 11.7. The summed E-state index contributed by atoms with van der Waals surface area (Å²) in [4.78, 5) is 16.1. The minimum absolute atomic E-state index is 0.0473. The van der Waals surface area contributed by atoms with Crippen LogP contribution in [0.2, 0.25) is 0 Å². The first-order valence-corrected chi connectivity index (χ1v) is 9.14. The number of carbonyl (C=O) groups is 1. The molecular formula is C15H21N3O3S. The van der Waals surface area contributed by atoms with Gasteiger partial charge < -0.3 is 9.88 Å². The van der Waals surface area contributed by atoms with E-state index >= 15 is 0 Å². The summed E-state index contributed by atoms with van der Waals surface area (Å²) in [6.07, 6.45) is 0.524. The van der Waals surface area contributed by atoms with E-state index in [-0.39, 0.29) is 5.75 Å². The van der Waals surface area contributed by atoms with E-state index in [1.165, 1.54) is 0 Å². The van der Waals surface area contributed by atoms with Crippen LogP contribution in [0.4, 0.5) is 0 Å². The summed E-state index contributed by atoms with van der Waals surface area (Å²) in [6, 6.07) is 7.78. The van der Waals surface area contributed by atoms with Gasteiger partial charge in [0.2, 0.25) is 5.91 Å². The molecule has 0 fully saturated rings. The SMILES string of the molecule is CCCS(=O)(=O)CC(=O)NCCn1c(C)nc2ccccc21. The van der Waals surface area contributed by atoms with Crippen molar-refractivity contribution in [2.45, 2.75) is 26.8 Å². The Morgan fingerprint density at radius 2 is 2.05 bits per heavy atom. The van der Waals surface area contributed by atoms with Gasteiger partial charge in [-0.05, 0) is 25.5 Å². The van der Waals surface area contributed by atoms with Crippen LogP contribution in [0.5, 0.6) is 0 Å². The van der Waals surface area contributed by atoms with Crippen LogP contribution in [0.1, 0.15) is 19.2 Å². The van der Waals surface area contributed by atoms with Crippen LogP contribution < -0.4 is 5.32 Å². The van der Waals surface area contributed by atoms with E-state index in [1.54, 1.807) is 6.92 Å². The zero-order valence-electron chi connectivity index (χ0n) is 12.9. The van der Waals surface area contributed by atoms with Crippen molar-refractivity contribution in [1.82, 2.24) is 14.9 Å². The van der Waals surface area contributed by atoms with Gasteiger partial charge in [0.1, 0.15) is 11.6 Å². The van der Waals surface area contributed by atoms with E-state index in [9.17, 15) is 13.2 Å². The second-order valence-electron chi connectivity index (χ2n) is 5.24. The van der Waals surface area contributed by atoms with Crippen LogP contribution in [0.25, 0.3) is 11.0 Å². The number of benzene rings is 1. The predicted octanol–water partition coefficient (Wildman–Crippen LogP) is 1.29. The van der Waals surface area contributed by atoms with Gasteiger partial charge in [-0.3, -0.25) is 4.79 Å². The number of nitrogens with one attached hydrogen (secondary N) is 1. The first-order chi connectivity index (χ1) is 10.4. The van der Waals surface area contributed by atoms with Crippen molar-refractivity contribution in [2.24, 2.45) is 0 Å². The lowest BCUT2D eigenvalue weighted by molar-refractivity contribution is -0.118. The zero-order valence-corrected chi connectivity index (χ0v) is 13.7. The molecule has 1 heterocycles. The number of aromatic nitrogens is 2. The van der Waals surface area contributed by atoms with Gasteiger partial charge in [-0.1, -0.05) is 19.1 Å². The van der Waals surface area contributed by atoms with Gasteiger partial charge >= 0.3 is 0 Å². The van der Waals surface area contributed by atoms with Gasteiger partial charge in [0.05, 0.1) is 16.8 Å². The highest BCUT2D eigenvalue weighted by atomic mass is 32.2. The molecule has 22 heavy (non-hydrogen) atoms. The Morgan fingerprint density at radius 3 is 2.77 bits per heavy atom. The lowest BCUT2D eigenvalue weighted by Crippen LogP contribution is -2.33. The van der Waals surface area contributed by atoms with Crippen molar-refractivity contribution in [3.05, 3.63) is 30.1 Å². The van der Waals surface area contributed by atoms with Crippen LogP contribution in [0, 0.1) is 6.92 Å².